The summed E-state index contributed by atoms with van der Waals surface area (Å²) in [4.78, 5) is 26.4. The zero-order chi connectivity index (χ0) is 18.4. The van der Waals surface area contributed by atoms with Crippen molar-refractivity contribution in [3.05, 3.63) is 51.5 Å². The van der Waals surface area contributed by atoms with Crippen LogP contribution < -0.4 is 5.32 Å². The van der Waals surface area contributed by atoms with Crippen LogP contribution in [-0.2, 0) is 23.8 Å². The fourth-order valence-corrected chi connectivity index (χ4v) is 2.95. The zero-order valence-corrected chi connectivity index (χ0v) is 13.8. The number of hydrogen-bond donors (Lipinski definition) is 2. The Morgan fingerprint density at radius 1 is 1.20 bits per heavy atom. The van der Waals surface area contributed by atoms with Crippen molar-refractivity contribution < 1.29 is 27.9 Å². The van der Waals surface area contributed by atoms with Crippen LogP contribution in [0, 0.1) is 0 Å². The van der Waals surface area contributed by atoms with E-state index < -0.39 is 17.8 Å². The molecule has 2 aromatic rings. The maximum absolute atomic E-state index is 12.4. The molecule has 0 aliphatic rings. The molecule has 0 saturated heterocycles. The summed E-state index contributed by atoms with van der Waals surface area (Å²) in [5, 5.41) is 12.9. The highest BCUT2D eigenvalue weighted by atomic mass is 32.1. The van der Waals surface area contributed by atoms with Crippen molar-refractivity contribution in [2.45, 2.75) is 25.4 Å². The number of carboxylic acid groups (broad SMARTS) is 1. The van der Waals surface area contributed by atoms with Gasteiger partial charge in [0.2, 0.25) is 5.91 Å². The summed E-state index contributed by atoms with van der Waals surface area (Å²) in [5.74, 6) is -1.35. The molecule has 134 valence electrons. The Kier molecular flexibility index (Phi) is 6.13. The van der Waals surface area contributed by atoms with Gasteiger partial charge in [0.25, 0.3) is 0 Å². The predicted octanol–water partition coefficient (Wildman–Crippen LogP) is 3.15. The first-order valence-corrected chi connectivity index (χ1v) is 8.25. The van der Waals surface area contributed by atoms with Gasteiger partial charge < -0.3 is 10.4 Å². The minimum absolute atomic E-state index is 0.0932. The Balaban J connectivity index is 1.78. The summed E-state index contributed by atoms with van der Waals surface area (Å²) in [5.41, 5.74) is -0.221. The largest absolute Gasteiger partial charge is 0.478 e. The number of carbonyl (C=O) groups excluding carboxylic acids is 1. The number of carboxylic acids is 1. The molecule has 1 aromatic carbocycles. The van der Waals surface area contributed by atoms with Gasteiger partial charge in [-0.05, 0) is 18.1 Å². The molecule has 0 bridgehead atoms. The first kappa shape index (κ1) is 18.9. The van der Waals surface area contributed by atoms with Gasteiger partial charge in [-0.1, -0.05) is 18.2 Å². The van der Waals surface area contributed by atoms with Gasteiger partial charge in [-0.2, -0.15) is 13.2 Å². The van der Waals surface area contributed by atoms with Crippen LogP contribution in [0.3, 0.4) is 0 Å². The van der Waals surface area contributed by atoms with Gasteiger partial charge in [-0.25, -0.2) is 9.78 Å². The number of rotatable bonds is 7. The van der Waals surface area contributed by atoms with E-state index in [1.807, 2.05) is 0 Å². The summed E-state index contributed by atoms with van der Waals surface area (Å²) in [7, 11) is 0. The molecule has 5 nitrogen and oxygen atoms in total. The lowest BCUT2D eigenvalue weighted by atomic mass is 10.0. The number of aromatic nitrogens is 1. The van der Waals surface area contributed by atoms with Gasteiger partial charge in [-0.15, -0.1) is 11.3 Å². The standard InChI is InChI=1S/C16H15F3N2O3S/c17-16(18,19)12-9-25-14(21-12)7-8-20-13(22)6-5-10-3-1-2-4-11(10)15(23)24/h1-4,9H,5-8H2,(H,20,22)(H,23,24). The first-order valence-electron chi connectivity index (χ1n) is 7.37. The Labute approximate surface area is 145 Å². The lowest BCUT2D eigenvalue weighted by molar-refractivity contribution is -0.140. The van der Waals surface area contributed by atoms with Crippen molar-refractivity contribution in [3.8, 4) is 0 Å². The summed E-state index contributed by atoms with van der Waals surface area (Å²) in [6.07, 6.45) is -3.90. The van der Waals surface area contributed by atoms with Crippen LogP contribution in [0.25, 0.3) is 0 Å². The molecule has 1 amide bonds. The summed E-state index contributed by atoms with van der Waals surface area (Å²) in [6.45, 7) is 0.171. The van der Waals surface area contributed by atoms with E-state index in [0.717, 1.165) is 16.7 Å². The van der Waals surface area contributed by atoms with Crippen molar-refractivity contribution in [2.24, 2.45) is 0 Å². The third kappa shape index (κ3) is 5.56. The topological polar surface area (TPSA) is 79.3 Å². The van der Waals surface area contributed by atoms with E-state index in [4.69, 9.17) is 5.11 Å². The Hall–Kier alpha value is -2.42. The molecular formula is C16H15F3N2O3S. The normalized spacial score (nSPS) is 11.3. The number of hydrogen-bond acceptors (Lipinski definition) is 4. The van der Waals surface area contributed by atoms with Crippen LogP contribution in [0.1, 0.15) is 33.0 Å². The van der Waals surface area contributed by atoms with Crippen molar-refractivity contribution >= 4 is 23.2 Å². The van der Waals surface area contributed by atoms with E-state index in [2.05, 4.69) is 10.3 Å². The molecule has 0 atom stereocenters. The molecule has 0 spiro atoms. The molecule has 9 heteroatoms. The monoisotopic (exact) mass is 372 g/mol. The molecule has 0 saturated carbocycles. The number of thiazole rings is 1. The van der Waals surface area contributed by atoms with Crippen LogP contribution in [-0.4, -0.2) is 28.5 Å². The smallest absolute Gasteiger partial charge is 0.434 e. The van der Waals surface area contributed by atoms with Gasteiger partial charge in [0.1, 0.15) is 0 Å². The average molecular weight is 372 g/mol. The van der Waals surface area contributed by atoms with Crippen LogP contribution in [0.5, 0.6) is 0 Å². The van der Waals surface area contributed by atoms with Gasteiger partial charge in [0.05, 0.1) is 10.6 Å². The molecular weight excluding hydrogens is 357 g/mol. The molecule has 0 unspecified atom stereocenters. The molecule has 25 heavy (non-hydrogen) atoms. The molecule has 2 rings (SSSR count). The number of aryl methyl sites for hydroxylation is 1. The molecule has 0 radical (unpaired) electrons. The van der Waals surface area contributed by atoms with Crippen molar-refractivity contribution in [1.29, 1.82) is 0 Å². The number of nitrogens with zero attached hydrogens (tertiary/aromatic N) is 1. The van der Waals surface area contributed by atoms with Crippen molar-refractivity contribution in [3.63, 3.8) is 0 Å². The van der Waals surface area contributed by atoms with E-state index in [1.165, 1.54) is 6.07 Å². The summed E-state index contributed by atoms with van der Waals surface area (Å²) >= 11 is 0.896. The molecule has 0 aliphatic heterocycles. The molecule has 1 aromatic heterocycles. The number of alkyl halides is 3. The zero-order valence-electron chi connectivity index (χ0n) is 13.0. The van der Waals surface area contributed by atoms with Crippen LogP contribution in [0.2, 0.25) is 0 Å². The number of carbonyl (C=O) groups is 2. The van der Waals surface area contributed by atoms with E-state index in [0.29, 0.717) is 10.6 Å². The summed E-state index contributed by atoms with van der Waals surface area (Å²) in [6, 6.07) is 6.41. The van der Waals surface area contributed by atoms with Gasteiger partial charge in [0, 0.05) is 24.8 Å². The van der Waals surface area contributed by atoms with Crippen LogP contribution >= 0.6 is 11.3 Å². The maximum atomic E-state index is 12.4. The Morgan fingerprint density at radius 2 is 1.92 bits per heavy atom. The Morgan fingerprint density at radius 3 is 2.56 bits per heavy atom. The number of nitrogens with one attached hydrogen (secondary N) is 1. The van der Waals surface area contributed by atoms with Gasteiger partial charge in [0.15, 0.2) is 5.69 Å². The van der Waals surface area contributed by atoms with E-state index in [9.17, 15) is 22.8 Å². The number of halogens is 3. The van der Waals surface area contributed by atoms with Gasteiger partial charge in [-0.3, -0.25) is 4.79 Å². The van der Waals surface area contributed by atoms with Crippen molar-refractivity contribution in [2.75, 3.05) is 6.54 Å². The average Bonchev–Trinajstić information content (AvgIpc) is 3.02. The summed E-state index contributed by atoms with van der Waals surface area (Å²) < 4.78 is 37.3. The van der Waals surface area contributed by atoms with E-state index in [-0.39, 0.29) is 37.3 Å². The highest BCUT2D eigenvalue weighted by Crippen LogP contribution is 2.29. The quantitative estimate of drug-likeness (QED) is 0.783. The lowest BCUT2D eigenvalue weighted by Crippen LogP contribution is -2.26. The van der Waals surface area contributed by atoms with Crippen LogP contribution in [0.4, 0.5) is 13.2 Å². The second-order valence-electron chi connectivity index (χ2n) is 5.19. The van der Waals surface area contributed by atoms with E-state index >= 15 is 0 Å². The minimum atomic E-state index is -4.46. The fraction of sp³-hybridized carbons (Fsp3) is 0.312. The molecule has 1 heterocycles. The second kappa shape index (κ2) is 8.11. The maximum Gasteiger partial charge on any atom is 0.434 e. The number of benzene rings is 1. The minimum Gasteiger partial charge on any atom is -0.478 e. The number of aromatic carboxylic acids is 1. The fourth-order valence-electron chi connectivity index (χ4n) is 2.15. The predicted molar refractivity (Wildman–Crippen MR) is 85.6 cm³/mol. The van der Waals surface area contributed by atoms with Gasteiger partial charge >= 0.3 is 12.1 Å². The molecule has 2 N–H and O–H groups in total. The lowest BCUT2D eigenvalue weighted by Gasteiger charge is -2.07. The third-order valence-corrected chi connectivity index (χ3v) is 4.28. The van der Waals surface area contributed by atoms with E-state index in [1.54, 1.807) is 18.2 Å². The molecule has 0 fully saturated rings. The number of amides is 1. The Bertz CT molecular complexity index is 759. The first-order chi connectivity index (χ1) is 11.8. The molecule has 0 aliphatic carbocycles. The third-order valence-electron chi connectivity index (χ3n) is 3.37. The van der Waals surface area contributed by atoms with Crippen LogP contribution in [0.15, 0.2) is 29.6 Å². The SMILES string of the molecule is O=C(CCc1ccccc1C(=O)O)NCCc1nc(C(F)(F)F)cs1. The second-order valence-corrected chi connectivity index (χ2v) is 6.13. The highest BCUT2D eigenvalue weighted by Gasteiger charge is 2.33. The highest BCUT2D eigenvalue weighted by molar-refractivity contribution is 7.09. The van der Waals surface area contributed by atoms with Crippen molar-refractivity contribution in [1.82, 2.24) is 10.3 Å².